The summed E-state index contributed by atoms with van der Waals surface area (Å²) in [5, 5.41) is 3.57. The molecule has 2 nitrogen and oxygen atoms in total. The summed E-state index contributed by atoms with van der Waals surface area (Å²) < 4.78 is 0. The molecular formula is C14H22N2. The molecule has 1 aromatic rings. The van der Waals surface area contributed by atoms with Crippen LogP contribution in [0.5, 0.6) is 0 Å². The standard InChI is InChI=1S/C14H22N2/c1-12-8-9-16(13(2)10-15-12)11-14-6-4-3-5-7-14/h3-7,12-13,15H,8-11H2,1-2H3. The molecule has 0 spiro atoms. The van der Waals surface area contributed by atoms with E-state index in [1.165, 1.54) is 18.5 Å². The molecular weight excluding hydrogens is 196 g/mol. The van der Waals surface area contributed by atoms with E-state index in [0.717, 1.165) is 13.1 Å². The Morgan fingerprint density at radius 2 is 2.00 bits per heavy atom. The van der Waals surface area contributed by atoms with Gasteiger partial charge in [0.15, 0.2) is 0 Å². The van der Waals surface area contributed by atoms with E-state index < -0.39 is 0 Å². The molecule has 1 N–H and O–H groups in total. The number of benzene rings is 1. The van der Waals surface area contributed by atoms with Crippen LogP contribution in [-0.4, -0.2) is 30.1 Å². The summed E-state index contributed by atoms with van der Waals surface area (Å²) in [6.07, 6.45) is 1.25. The predicted octanol–water partition coefficient (Wildman–Crippen LogP) is 2.26. The molecule has 0 aromatic heterocycles. The zero-order valence-electron chi connectivity index (χ0n) is 10.3. The van der Waals surface area contributed by atoms with Crippen molar-refractivity contribution in [2.45, 2.75) is 38.9 Å². The molecule has 0 saturated carbocycles. The number of nitrogens with one attached hydrogen (secondary N) is 1. The van der Waals surface area contributed by atoms with Crippen molar-refractivity contribution in [3.8, 4) is 0 Å². The quantitative estimate of drug-likeness (QED) is 0.819. The van der Waals surface area contributed by atoms with Gasteiger partial charge in [0.1, 0.15) is 0 Å². The fraction of sp³-hybridized carbons (Fsp3) is 0.571. The summed E-state index contributed by atoms with van der Waals surface area (Å²) in [6.45, 7) is 7.97. The third-order valence-electron chi connectivity index (χ3n) is 3.46. The van der Waals surface area contributed by atoms with E-state index in [1.807, 2.05) is 0 Å². The lowest BCUT2D eigenvalue weighted by Gasteiger charge is -2.26. The van der Waals surface area contributed by atoms with Crippen LogP contribution < -0.4 is 5.32 Å². The zero-order valence-corrected chi connectivity index (χ0v) is 10.3. The Morgan fingerprint density at radius 3 is 2.75 bits per heavy atom. The molecule has 0 aliphatic carbocycles. The predicted molar refractivity (Wildman–Crippen MR) is 68.4 cm³/mol. The highest BCUT2D eigenvalue weighted by atomic mass is 15.2. The molecule has 16 heavy (non-hydrogen) atoms. The summed E-state index contributed by atoms with van der Waals surface area (Å²) >= 11 is 0. The van der Waals surface area contributed by atoms with Crippen molar-refractivity contribution < 1.29 is 0 Å². The smallest absolute Gasteiger partial charge is 0.0237 e. The Hall–Kier alpha value is -0.860. The van der Waals surface area contributed by atoms with Gasteiger partial charge in [-0.05, 0) is 25.8 Å². The lowest BCUT2D eigenvalue weighted by atomic mass is 10.1. The molecule has 1 aliphatic rings. The van der Waals surface area contributed by atoms with E-state index in [2.05, 4.69) is 54.4 Å². The van der Waals surface area contributed by atoms with Crippen LogP contribution in [0.2, 0.25) is 0 Å². The SMILES string of the molecule is CC1CCN(Cc2ccccc2)C(C)CN1. The molecule has 88 valence electrons. The molecule has 2 heteroatoms. The minimum absolute atomic E-state index is 0.630. The first-order valence-electron chi connectivity index (χ1n) is 6.27. The van der Waals surface area contributed by atoms with Crippen LogP contribution in [0.1, 0.15) is 25.8 Å². The third-order valence-corrected chi connectivity index (χ3v) is 3.46. The second-order valence-electron chi connectivity index (χ2n) is 4.90. The highest BCUT2D eigenvalue weighted by Gasteiger charge is 2.19. The molecule has 2 unspecified atom stereocenters. The molecule has 1 aromatic carbocycles. The van der Waals surface area contributed by atoms with Crippen molar-refractivity contribution >= 4 is 0 Å². The average molecular weight is 218 g/mol. The summed E-state index contributed by atoms with van der Waals surface area (Å²) in [6, 6.07) is 12.0. The highest BCUT2D eigenvalue weighted by molar-refractivity contribution is 5.14. The summed E-state index contributed by atoms with van der Waals surface area (Å²) in [5.41, 5.74) is 1.42. The van der Waals surface area contributed by atoms with Crippen molar-refractivity contribution in [2.24, 2.45) is 0 Å². The molecule has 0 bridgehead atoms. The van der Waals surface area contributed by atoms with Gasteiger partial charge in [-0.1, -0.05) is 30.3 Å². The van der Waals surface area contributed by atoms with Gasteiger partial charge in [-0.3, -0.25) is 4.90 Å². The van der Waals surface area contributed by atoms with E-state index in [0.29, 0.717) is 12.1 Å². The minimum Gasteiger partial charge on any atom is -0.313 e. The Labute approximate surface area is 98.7 Å². The number of hydrogen-bond acceptors (Lipinski definition) is 2. The molecule has 2 atom stereocenters. The Balaban J connectivity index is 1.98. The zero-order chi connectivity index (χ0) is 11.4. The van der Waals surface area contributed by atoms with Crippen LogP contribution >= 0.6 is 0 Å². The van der Waals surface area contributed by atoms with Crippen molar-refractivity contribution in [3.63, 3.8) is 0 Å². The molecule has 1 aliphatic heterocycles. The van der Waals surface area contributed by atoms with Crippen LogP contribution in [0.25, 0.3) is 0 Å². The number of nitrogens with zero attached hydrogens (tertiary/aromatic N) is 1. The molecule has 1 fully saturated rings. The highest BCUT2D eigenvalue weighted by Crippen LogP contribution is 2.12. The number of rotatable bonds is 2. The minimum atomic E-state index is 0.630. The summed E-state index contributed by atoms with van der Waals surface area (Å²) in [5.74, 6) is 0. The monoisotopic (exact) mass is 218 g/mol. The maximum Gasteiger partial charge on any atom is 0.0237 e. The molecule has 0 radical (unpaired) electrons. The Morgan fingerprint density at radius 1 is 1.25 bits per heavy atom. The molecule has 0 amide bonds. The van der Waals surface area contributed by atoms with E-state index in [-0.39, 0.29) is 0 Å². The Bertz CT molecular complexity index is 310. The van der Waals surface area contributed by atoms with E-state index >= 15 is 0 Å². The van der Waals surface area contributed by atoms with Gasteiger partial charge in [0, 0.05) is 31.7 Å². The van der Waals surface area contributed by atoms with Gasteiger partial charge in [0.05, 0.1) is 0 Å². The second-order valence-corrected chi connectivity index (χ2v) is 4.90. The van der Waals surface area contributed by atoms with Gasteiger partial charge in [-0.15, -0.1) is 0 Å². The number of hydrogen-bond donors (Lipinski definition) is 1. The molecule has 1 saturated heterocycles. The maximum absolute atomic E-state index is 3.57. The lowest BCUT2D eigenvalue weighted by Crippen LogP contribution is -2.37. The van der Waals surface area contributed by atoms with Crippen molar-refractivity contribution in [1.29, 1.82) is 0 Å². The normalized spacial score (nSPS) is 27.6. The van der Waals surface area contributed by atoms with Gasteiger partial charge in [0.25, 0.3) is 0 Å². The fourth-order valence-corrected chi connectivity index (χ4v) is 2.24. The molecule has 2 rings (SSSR count). The van der Waals surface area contributed by atoms with Crippen LogP contribution in [-0.2, 0) is 6.54 Å². The lowest BCUT2D eigenvalue weighted by molar-refractivity contribution is 0.213. The van der Waals surface area contributed by atoms with Crippen LogP contribution in [0.4, 0.5) is 0 Å². The summed E-state index contributed by atoms with van der Waals surface area (Å²) in [7, 11) is 0. The van der Waals surface area contributed by atoms with Gasteiger partial charge >= 0.3 is 0 Å². The second kappa shape index (κ2) is 5.46. The largest absolute Gasteiger partial charge is 0.313 e. The first kappa shape index (κ1) is 11.6. The van der Waals surface area contributed by atoms with E-state index in [9.17, 15) is 0 Å². The third kappa shape index (κ3) is 3.06. The fourth-order valence-electron chi connectivity index (χ4n) is 2.24. The van der Waals surface area contributed by atoms with Gasteiger partial charge in [-0.2, -0.15) is 0 Å². The molecule has 1 heterocycles. The van der Waals surface area contributed by atoms with Crippen LogP contribution in [0.15, 0.2) is 30.3 Å². The Kier molecular flexibility index (Phi) is 3.97. The maximum atomic E-state index is 3.57. The topological polar surface area (TPSA) is 15.3 Å². The average Bonchev–Trinajstić information content (AvgIpc) is 2.46. The van der Waals surface area contributed by atoms with Crippen molar-refractivity contribution in [3.05, 3.63) is 35.9 Å². The van der Waals surface area contributed by atoms with Gasteiger partial charge in [-0.25, -0.2) is 0 Å². The van der Waals surface area contributed by atoms with Gasteiger partial charge < -0.3 is 5.32 Å². The first-order valence-corrected chi connectivity index (χ1v) is 6.27. The van der Waals surface area contributed by atoms with Crippen LogP contribution in [0, 0.1) is 0 Å². The van der Waals surface area contributed by atoms with Crippen molar-refractivity contribution in [2.75, 3.05) is 13.1 Å². The van der Waals surface area contributed by atoms with E-state index in [1.54, 1.807) is 0 Å². The van der Waals surface area contributed by atoms with E-state index in [4.69, 9.17) is 0 Å². The first-order chi connectivity index (χ1) is 7.75. The van der Waals surface area contributed by atoms with Crippen LogP contribution in [0.3, 0.4) is 0 Å². The van der Waals surface area contributed by atoms with Crippen molar-refractivity contribution in [1.82, 2.24) is 10.2 Å². The van der Waals surface area contributed by atoms with Gasteiger partial charge in [0.2, 0.25) is 0 Å². The summed E-state index contributed by atoms with van der Waals surface area (Å²) in [4.78, 5) is 2.58.